The van der Waals surface area contributed by atoms with Crippen LogP contribution in [0.4, 0.5) is 4.79 Å². The Kier molecular flexibility index (Phi) is 5.12. The standard InChI is InChI=1S/C25H30N8O2/c1-4-5-13-32-21-22(29-24(32)31-12-8-9-17(26)14-31)30(3)25(35)33(23(21)34)15-20-27-16(2)18-10-6-7-11-19(18)28-20/h6-7,10-11,17,21-22H,8-9,12-15,26H2,1-3H3/t17-,21?,22?/m1/s1/i1+1D3. The molecule has 3 atom stereocenters. The van der Waals surface area contributed by atoms with Crippen LogP contribution in [-0.4, -0.2) is 92.4 Å². The Morgan fingerprint density at radius 3 is 2.89 bits per heavy atom. The molecule has 3 amide bonds. The van der Waals surface area contributed by atoms with Crippen LogP contribution in [0.25, 0.3) is 10.9 Å². The maximum atomic E-state index is 13.9. The largest absolute Gasteiger partial charge is 0.341 e. The number of guanidine groups is 1. The Hall–Kier alpha value is -3.71. The monoisotopic (exact) mass is 478 g/mol. The molecule has 2 fully saturated rings. The van der Waals surface area contributed by atoms with Crippen molar-refractivity contribution in [2.24, 2.45) is 10.7 Å². The van der Waals surface area contributed by atoms with E-state index in [0.717, 1.165) is 34.3 Å². The molecular formula is C25H30N8O2. The van der Waals surface area contributed by atoms with E-state index in [1.165, 1.54) is 4.90 Å². The van der Waals surface area contributed by atoms with Crippen molar-refractivity contribution in [2.45, 2.75) is 51.4 Å². The molecule has 2 unspecified atom stereocenters. The number of nitrogens with zero attached hydrogens (tertiary/aromatic N) is 7. The number of fused-ring (bicyclic) bond motifs is 2. The second-order valence-electron chi connectivity index (χ2n) is 9.13. The highest BCUT2D eigenvalue weighted by molar-refractivity contribution is 6.03. The number of nitrogens with two attached hydrogens (primary N) is 1. The molecule has 1 aromatic heterocycles. The quantitative estimate of drug-likeness (QED) is 0.520. The Morgan fingerprint density at radius 1 is 1.26 bits per heavy atom. The summed E-state index contributed by atoms with van der Waals surface area (Å²) in [5.74, 6) is 5.36. The number of benzene rings is 1. The van der Waals surface area contributed by atoms with Gasteiger partial charge in [0.2, 0.25) is 0 Å². The van der Waals surface area contributed by atoms with Gasteiger partial charge in [-0.05, 0) is 32.7 Å². The van der Waals surface area contributed by atoms with Crippen molar-refractivity contribution < 1.29 is 13.7 Å². The SMILES string of the molecule is [2H][13C]([2H])([2H])C#CCN1C(N2CCC[C@@H](N)C2)=NC2C1C(=O)N(Cc1nc(C)c3ccccc3n1)C(=O)N2C. The Labute approximate surface area is 209 Å². The summed E-state index contributed by atoms with van der Waals surface area (Å²) in [4.78, 5) is 47.4. The second kappa shape index (κ2) is 9.15. The van der Waals surface area contributed by atoms with E-state index in [4.69, 9.17) is 14.8 Å². The first-order chi connectivity index (χ1) is 18.0. The van der Waals surface area contributed by atoms with Gasteiger partial charge in [0.15, 0.2) is 18.2 Å². The van der Waals surface area contributed by atoms with Crippen LogP contribution in [0.3, 0.4) is 0 Å². The van der Waals surface area contributed by atoms with Crippen LogP contribution in [0.5, 0.6) is 0 Å². The van der Waals surface area contributed by atoms with E-state index >= 15 is 0 Å². The van der Waals surface area contributed by atoms with Crippen LogP contribution in [-0.2, 0) is 11.3 Å². The third-order valence-electron chi connectivity index (χ3n) is 6.79. The molecular weight excluding hydrogens is 445 g/mol. The van der Waals surface area contributed by atoms with E-state index in [1.807, 2.05) is 36.1 Å². The lowest BCUT2D eigenvalue weighted by Crippen LogP contribution is -2.65. The van der Waals surface area contributed by atoms with Crippen LogP contribution in [0.1, 0.15) is 35.3 Å². The van der Waals surface area contributed by atoms with E-state index in [1.54, 1.807) is 11.9 Å². The molecule has 0 spiro atoms. The third-order valence-corrected chi connectivity index (χ3v) is 6.79. The van der Waals surface area contributed by atoms with Crippen molar-refractivity contribution >= 4 is 28.8 Å². The van der Waals surface area contributed by atoms with Crippen LogP contribution in [0.15, 0.2) is 29.3 Å². The van der Waals surface area contributed by atoms with Gasteiger partial charge in [-0.1, -0.05) is 24.1 Å². The van der Waals surface area contributed by atoms with E-state index in [9.17, 15) is 9.59 Å². The first-order valence-corrected chi connectivity index (χ1v) is 11.7. The van der Waals surface area contributed by atoms with Crippen molar-refractivity contribution in [1.82, 2.24) is 29.6 Å². The first-order valence-electron chi connectivity index (χ1n) is 13.2. The lowest BCUT2D eigenvalue weighted by Gasteiger charge is -2.41. The minimum absolute atomic E-state index is 0.0304. The number of piperidine rings is 1. The van der Waals surface area contributed by atoms with Gasteiger partial charge in [0.25, 0.3) is 5.91 Å². The predicted molar refractivity (Wildman–Crippen MR) is 132 cm³/mol. The summed E-state index contributed by atoms with van der Waals surface area (Å²) in [6.45, 7) is 0.537. The second-order valence-corrected chi connectivity index (χ2v) is 9.13. The number of rotatable bonds is 3. The van der Waals surface area contributed by atoms with Gasteiger partial charge < -0.3 is 20.4 Å². The van der Waals surface area contributed by atoms with Crippen molar-refractivity contribution in [3.63, 3.8) is 0 Å². The number of amides is 3. The topological polar surface area (TPSA) is 111 Å². The minimum atomic E-state index is -2.43. The average Bonchev–Trinajstić information content (AvgIpc) is 3.24. The van der Waals surface area contributed by atoms with Crippen molar-refractivity contribution in [3.8, 4) is 11.8 Å². The Morgan fingerprint density at radius 2 is 2.09 bits per heavy atom. The zero-order chi connectivity index (χ0) is 27.2. The number of aromatic nitrogens is 2. The summed E-state index contributed by atoms with van der Waals surface area (Å²) >= 11 is 0. The number of aryl methyl sites for hydroxylation is 1. The van der Waals surface area contributed by atoms with Crippen LogP contribution in [0, 0.1) is 18.8 Å². The molecule has 4 heterocycles. The van der Waals surface area contributed by atoms with Gasteiger partial charge in [-0.25, -0.2) is 19.8 Å². The lowest BCUT2D eigenvalue weighted by molar-refractivity contribution is -0.138. The molecule has 5 rings (SSSR count). The molecule has 3 aliphatic rings. The summed E-state index contributed by atoms with van der Waals surface area (Å²) in [5, 5.41) is 0.900. The van der Waals surface area contributed by atoms with E-state index < -0.39 is 31.0 Å². The molecule has 1 aromatic carbocycles. The number of likely N-dealkylation sites (N-methyl/N-ethyl adjacent to an activating group) is 1. The number of aliphatic imine (C=N–C) groups is 1. The number of carbonyl (C=O) groups excluding carboxylic acids is 2. The zero-order valence-corrected chi connectivity index (χ0v) is 19.8. The Balaban J connectivity index is 1.47. The fourth-order valence-corrected chi connectivity index (χ4v) is 5.07. The molecule has 10 nitrogen and oxygen atoms in total. The van der Waals surface area contributed by atoms with Crippen molar-refractivity contribution in [3.05, 3.63) is 35.8 Å². The third kappa shape index (κ3) is 4.06. The molecule has 0 radical (unpaired) electrons. The van der Waals surface area contributed by atoms with Gasteiger partial charge in [0.05, 0.1) is 18.6 Å². The number of likely N-dealkylation sites (tertiary alicyclic amines) is 1. The molecule has 2 N–H and O–H groups in total. The normalized spacial score (nSPS) is 26.1. The first kappa shape index (κ1) is 19.6. The molecule has 0 saturated carbocycles. The van der Waals surface area contributed by atoms with E-state index in [2.05, 4.69) is 21.8 Å². The summed E-state index contributed by atoms with van der Waals surface area (Å²) in [6, 6.07) is 6.15. The van der Waals surface area contributed by atoms with Crippen LogP contribution in [0.2, 0.25) is 0 Å². The van der Waals surface area contributed by atoms with Gasteiger partial charge in [0, 0.05) is 41.4 Å². The van der Waals surface area contributed by atoms with Crippen molar-refractivity contribution in [2.75, 3.05) is 26.7 Å². The van der Waals surface area contributed by atoms with Gasteiger partial charge in [0.1, 0.15) is 5.82 Å². The molecule has 2 aromatic rings. The summed E-state index contributed by atoms with van der Waals surface area (Å²) in [5.41, 5.74) is 7.69. The molecule has 10 heteroatoms. The summed E-state index contributed by atoms with van der Waals surface area (Å²) in [6.07, 6.45) is 0.969. The zero-order valence-electron chi connectivity index (χ0n) is 22.8. The maximum absolute atomic E-state index is 13.9. The van der Waals surface area contributed by atoms with Gasteiger partial charge >= 0.3 is 6.03 Å². The number of hydrogen-bond donors (Lipinski definition) is 1. The molecule has 35 heavy (non-hydrogen) atoms. The number of imide groups is 1. The van der Waals surface area contributed by atoms with Gasteiger partial charge in [-0.2, -0.15) is 0 Å². The molecule has 2 saturated heterocycles. The van der Waals surface area contributed by atoms with Crippen molar-refractivity contribution in [1.29, 1.82) is 0 Å². The van der Waals surface area contributed by atoms with Crippen LogP contribution < -0.4 is 5.73 Å². The number of urea groups is 1. The number of carbonyl (C=O) groups is 2. The highest BCUT2D eigenvalue weighted by Crippen LogP contribution is 2.30. The molecule has 0 aliphatic carbocycles. The average molecular weight is 479 g/mol. The highest BCUT2D eigenvalue weighted by Gasteiger charge is 2.53. The van der Waals surface area contributed by atoms with E-state index in [0.29, 0.717) is 24.9 Å². The van der Waals surface area contributed by atoms with E-state index in [-0.39, 0.29) is 19.1 Å². The molecule has 0 bridgehead atoms. The maximum Gasteiger partial charge on any atom is 0.328 e. The fourth-order valence-electron chi connectivity index (χ4n) is 5.07. The summed E-state index contributed by atoms with van der Waals surface area (Å²) in [7, 11) is 1.60. The fraction of sp³-hybridized carbons (Fsp3) is 0.480. The molecule has 182 valence electrons. The number of para-hydroxylation sites is 1. The van der Waals surface area contributed by atoms with Gasteiger partial charge in [-0.3, -0.25) is 9.69 Å². The smallest absolute Gasteiger partial charge is 0.328 e. The predicted octanol–water partition coefficient (Wildman–Crippen LogP) is 1.14. The highest BCUT2D eigenvalue weighted by atomic mass is 16.2. The van der Waals surface area contributed by atoms with Gasteiger partial charge in [-0.15, -0.1) is 5.92 Å². The van der Waals surface area contributed by atoms with Crippen LogP contribution >= 0.6 is 0 Å². The number of hydrogen-bond acceptors (Lipinski definition) is 8. The Bertz CT molecular complexity index is 1370. The molecule has 3 aliphatic heterocycles. The lowest BCUT2D eigenvalue weighted by atomic mass is 10.1. The summed E-state index contributed by atoms with van der Waals surface area (Å²) < 4.78 is 22.3. The minimum Gasteiger partial charge on any atom is -0.341 e.